The third-order valence-corrected chi connectivity index (χ3v) is 5.35. The lowest BCUT2D eigenvalue weighted by Gasteiger charge is -2.33. The van der Waals surface area contributed by atoms with Crippen molar-refractivity contribution >= 4 is 11.6 Å². The van der Waals surface area contributed by atoms with E-state index >= 15 is 0 Å². The molecule has 1 aliphatic rings. The van der Waals surface area contributed by atoms with Crippen molar-refractivity contribution in [1.82, 2.24) is 15.0 Å². The van der Waals surface area contributed by atoms with Gasteiger partial charge in [-0.1, -0.05) is 30.3 Å². The summed E-state index contributed by atoms with van der Waals surface area (Å²) in [5.74, 6) is 3.47. The number of nitrogens with one attached hydrogen (secondary N) is 1. The zero-order valence-electron chi connectivity index (χ0n) is 16.4. The molecular weight excluding hydrogens is 346 g/mol. The Balaban J connectivity index is 1.36. The molecule has 4 rings (SSSR count). The number of aryl methyl sites for hydroxylation is 1. The molecule has 1 saturated heterocycles. The molecule has 28 heavy (non-hydrogen) atoms. The van der Waals surface area contributed by atoms with Crippen LogP contribution in [0.15, 0.2) is 60.9 Å². The number of rotatable bonds is 6. The summed E-state index contributed by atoms with van der Waals surface area (Å²) < 4.78 is 0. The number of piperidine rings is 1. The molecule has 0 spiro atoms. The van der Waals surface area contributed by atoms with E-state index in [4.69, 9.17) is 0 Å². The van der Waals surface area contributed by atoms with Gasteiger partial charge in [-0.05, 0) is 55.4 Å². The van der Waals surface area contributed by atoms with Crippen LogP contribution in [0.1, 0.15) is 29.8 Å². The molecule has 0 bridgehead atoms. The number of hydrogen-bond donors (Lipinski definition) is 1. The van der Waals surface area contributed by atoms with Crippen LogP contribution in [-0.2, 0) is 13.0 Å². The summed E-state index contributed by atoms with van der Waals surface area (Å²) in [6.07, 6.45) is 7.21. The van der Waals surface area contributed by atoms with Gasteiger partial charge < -0.3 is 10.2 Å². The summed E-state index contributed by atoms with van der Waals surface area (Å²) in [6, 6.07) is 16.9. The summed E-state index contributed by atoms with van der Waals surface area (Å²) >= 11 is 0. The molecule has 1 fully saturated rings. The Morgan fingerprint density at radius 1 is 0.964 bits per heavy atom. The minimum atomic E-state index is 0.734. The van der Waals surface area contributed by atoms with Gasteiger partial charge in [0, 0.05) is 38.1 Å². The maximum Gasteiger partial charge on any atom is 0.134 e. The normalized spacial score (nSPS) is 14.8. The molecule has 1 aromatic carbocycles. The molecule has 0 unspecified atom stereocenters. The van der Waals surface area contributed by atoms with Crippen molar-refractivity contribution in [3.8, 4) is 0 Å². The van der Waals surface area contributed by atoms with Crippen LogP contribution in [0.4, 0.5) is 11.6 Å². The Morgan fingerprint density at radius 2 is 1.71 bits per heavy atom. The van der Waals surface area contributed by atoms with Gasteiger partial charge in [0.05, 0.1) is 0 Å². The first-order valence-electron chi connectivity index (χ1n) is 10.0. The molecular formula is C23H27N5. The Hall–Kier alpha value is -2.95. The molecule has 1 N–H and O–H groups in total. The molecule has 3 aromatic rings. The number of hydrogen-bond acceptors (Lipinski definition) is 5. The number of aromatic nitrogens is 3. The number of nitrogens with zero attached hydrogens (tertiary/aromatic N) is 4. The quantitative estimate of drug-likeness (QED) is 0.700. The second-order valence-electron chi connectivity index (χ2n) is 7.49. The van der Waals surface area contributed by atoms with Gasteiger partial charge >= 0.3 is 0 Å². The predicted molar refractivity (Wildman–Crippen MR) is 113 cm³/mol. The van der Waals surface area contributed by atoms with E-state index in [9.17, 15) is 0 Å². The van der Waals surface area contributed by atoms with E-state index in [0.717, 1.165) is 43.0 Å². The molecule has 5 nitrogen and oxygen atoms in total. The van der Waals surface area contributed by atoms with Gasteiger partial charge in [0.15, 0.2) is 0 Å². The lowest BCUT2D eigenvalue weighted by atomic mass is 9.90. The molecule has 0 radical (unpaired) electrons. The minimum absolute atomic E-state index is 0.734. The average Bonchev–Trinajstić information content (AvgIpc) is 2.74. The maximum atomic E-state index is 4.69. The first kappa shape index (κ1) is 18.4. The molecule has 5 heteroatoms. The molecule has 0 amide bonds. The van der Waals surface area contributed by atoms with Crippen molar-refractivity contribution in [3.05, 3.63) is 77.9 Å². The molecule has 1 aliphatic heterocycles. The highest BCUT2D eigenvalue weighted by Crippen LogP contribution is 2.26. The fourth-order valence-corrected chi connectivity index (χ4v) is 3.81. The Bertz CT molecular complexity index is 874. The number of benzene rings is 1. The lowest BCUT2D eigenvalue weighted by molar-refractivity contribution is 0.402. The van der Waals surface area contributed by atoms with Crippen LogP contribution in [0.25, 0.3) is 0 Å². The van der Waals surface area contributed by atoms with Crippen LogP contribution in [0, 0.1) is 12.8 Å². The van der Waals surface area contributed by atoms with Gasteiger partial charge in [0.25, 0.3) is 0 Å². The summed E-state index contributed by atoms with van der Waals surface area (Å²) in [5.41, 5.74) is 2.64. The van der Waals surface area contributed by atoms with E-state index < -0.39 is 0 Å². The van der Waals surface area contributed by atoms with E-state index in [2.05, 4.69) is 61.6 Å². The first-order chi connectivity index (χ1) is 13.8. The highest BCUT2D eigenvalue weighted by atomic mass is 15.2. The molecule has 144 valence electrons. The second kappa shape index (κ2) is 8.83. The second-order valence-corrected chi connectivity index (χ2v) is 7.49. The zero-order chi connectivity index (χ0) is 19.2. The highest BCUT2D eigenvalue weighted by Gasteiger charge is 2.21. The van der Waals surface area contributed by atoms with E-state index in [0.29, 0.717) is 0 Å². The van der Waals surface area contributed by atoms with Gasteiger partial charge in [-0.15, -0.1) is 0 Å². The van der Waals surface area contributed by atoms with Crippen molar-refractivity contribution < 1.29 is 0 Å². The smallest absolute Gasteiger partial charge is 0.134 e. The maximum absolute atomic E-state index is 4.69. The Labute approximate surface area is 166 Å². The lowest BCUT2D eigenvalue weighted by Crippen LogP contribution is -2.35. The first-order valence-corrected chi connectivity index (χ1v) is 10.0. The average molecular weight is 374 g/mol. The number of anilines is 2. The van der Waals surface area contributed by atoms with Gasteiger partial charge in [0.1, 0.15) is 17.5 Å². The molecule has 2 aromatic heterocycles. The Morgan fingerprint density at radius 3 is 2.46 bits per heavy atom. The Kier molecular flexibility index (Phi) is 5.80. The van der Waals surface area contributed by atoms with E-state index in [1.54, 1.807) is 0 Å². The molecule has 0 saturated carbocycles. The topological polar surface area (TPSA) is 53.9 Å². The predicted octanol–water partition coefficient (Wildman–Crippen LogP) is 4.25. The summed E-state index contributed by atoms with van der Waals surface area (Å²) in [5, 5.41) is 3.42. The van der Waals surface area contributed by atoms with Crippen molar-refractivity contribution in [2.75, 3.05) is 23.3 Å². The van der Waals surface area contributed by atoms with Crippen LogP contribution in [-0.4, -0.2) is 28.0 Å². The summed E-state index contributed by atoms with van der Waals surface area (Å²) in [7, 11) is 0. The summed E-state index contributed by atoms with van der Waals surface area (Å²) in [4.78, 5) is 15.7. The van der Waals surface area contributed by atoms with Crippen LogP contribution in [0.2, 0.25) is 0 Å². The van der Waals surface area contributed by atoms with Gasteiger partial charge in [-0.3, -0.25) is 4.98 Å². The fourth-order valence-electron chi connectivity index (χ4n) is 3.81. The van der Waals surface area contributed by atoms with Gasteiger partial charge in [-0.25, -0.2) is 9.97 Å². The van der Waals surface area contributed by atoms with Crippen molar-refractivity contribution in [3.63, 3.8) is 0 Å². The molecule has 3 heterocycles. The van der Waals surface area contributed by atoms with Crippen molar-refractivity contribution in [2.45, 2.75) is 32.7 Å². The minimum Gasteiger partial charge on any atom is -0.366 e. The van der Waals surface area contributed by atoms with Crippen LogP contribution >= 0.6 is 0 Å². The molecule has 0 atom stereocenters. The van der Waals surface area contributed by atoms with E-state index in [1.165, 1.54) is 30.4 Å². The van der Waals surface area contributed by atoms with E-state index in [1.807, 2.05) is 31.5 Å². The monoisotopic (exact) mass is 373 g/mol. The largest absolute Gasteiger partial charge is 0.366 e. The van der Waals surface area contributed by atoms with Gasteiger partial charge in [0.2, 0.25) is 0 Å². The fraction of sp³-hybridized carbons (Fsp3) is 0.348. The van der Waals surface area contributed by atoms with Gasteiger partial charge in [-0.2, -0.15) is 0 Å². The number of pyridine rings is 1. The third kappa shape index (κ3) is 4.85. The standard InChI is InChI=1S/C23H27N5/c1-18-26-22(25-17-21-7-11-24-12-8-21)16-23(27-18)28-13-9-20(10-14-28)15-19-5-3-2-4-6-19/h2-8,11-12,16,20H,9-10,13-15,17H2,1H3,(H,25,26,27). The van der Waals surface area contributed by atoms with Crippen molar-refractivity contribution in [1.29, 1.82) is 0 Å². The third-order valence-electron chi connectivity index (χ3n) is 5.35. The SMILES string of the molecule is Cc1nc(NCc2ccncc2)cc(N2CCC(Cc3ccccc3)CC2)n1. The van der Waals surface area contributed by atoms with E-state index in [-0.39, 0.29) is 0 Å². The van der Waals surface area contributed by atoms with Crippen molar-refractivity contribution in [2.24, 2.45) is 5.92 Å². The molecule has 0 aliphatic carbocycles. The zero-order valence-corrected chi connectivity index (χ0v) is 16.4. The van der Waals surface area contributed by atoms with Crippen LogP contribution in [0.3, 0.4) is 0 Å². The van der Waals surface area contributed by atoms with Crippen LogP contribution in [0.5, 0.6) is 0 Å². The highest BCUT2D eigenvalue weighted by molar-refractivity contribution is 5.50. The summed E-state index contributed by atoms with van der Waals surface area (Å²) in [6.45, 7) is 4.80. The van der Waals surface area contributed by atoms with Crippen LogP contribution < -0.4 is 10.2 Å².